The second-order valence-corrected chi connectivity index (χ2v) is 12.8. The van der Waals surface area contributed by atoms with E-state index >= 15 is 0 Å². The summed E-state index contributed by atoms with van der Waals surface area (Å²) in [5.74, 6) is 0.150. The molecule has 4 aliphatic carbocycles. The Morgan fingerprint density at radius 2 is 2.14 bits per heavy atom. The molecule has 0 aromatic carbocycles. The van der Waals surface area contributed by atoms with Gasteiger partial charge in [-0.3, -0.25) is 9.59 Å². The van der Waals surface area contributed by atoms with Crippen molar-refractivity contribution < 1.29 is 19.8 Å². The van der Waals surface area contributed by atoms with Gasteiger partial charge in [-0.1, -0.05) is 48.9 Å². The van der Waals surface area contributed by atoms with Gasteiger partial charge in [-0.05, 0) is 62.2 Å². The minimum absolute atomic E-state index is 0.0118. The maximum absolute atomic E-state index is 13.6. The van der Waals surface area contributed by atoms with Crippen molar-refractivity contribution in [2.45, 2.75) is 62.8 Å². The third-order valence-electron chi connectivity index (χ3n) is 9.73. The van der Waals surface area contributed by atoms with Crippen LogP contribution in [0.1, 0.15) is 46.0 Å². The van der Waals surface area contributed by atoms with Crippen molar-refractivity contribution in [3.8, 4) is 0 Å². The Morgan fingerprint density at radius 3 is 2.94 bits per heavy atom. The number of aromatic amines is 1. The van der Waals surface area contributed by atoms with E-state index in [1.54, 1.807) is 18.2 Å². The normalized spacial score (nSPS) is 39.5. The summed E-state index contributed by atoms with van der Waals surface area (Å²) in [7, 11) is 0. The van der Waals surface area contributed by atoms with Crippen LogP contribution >= 0.6 is 23.4 Å². The predicted molar refractivity (Wildman–Crippen MR) is 138 cm³/mol. The summed E-state index contributed by atoms with van der Waals surface area (Å²) in [5, 5.41) is 24.5. The van der Waals surface area contributed by atoms with Crippen molar-refractivity contribution in [3.05, 3.63) is 41.1 Å². The van der Waals surface area contributed by atoms with Gasteiger partial charge in [0, 0.05) is 22.9 Å². The molecule has 3 saturated carbocycles. The number of fused-ring (bicyclic) bond motifs is 6. The molecule has 0 radical (unpaired) electrons. The lowest BCUT2D eigenvalue weighted by atomic mass is 9.46. The van der Waals surface area contributed by atoms with Crippen molar-refractivity contribution in [1.82, 2.24) is 15.0 Å². The number of allylic oxidation sites excluding steroid dienone is 4. The first-order valence-corrected chi connectivity index (χ1v) is 13.9. The molecule has 0 amide bonds. The molecule has 3 N–H and O–H groups in total. The van der Waals surface area contributed by atoms with Crippen molar-refractivity contribution in [1.29, 1.82) is 0 Å². The van der Waals surface area contributed by atoms with Gasteiger partial charge in [-0.25, -0.2) is 9.97 Å². The second-order valence-electron chi connectivity index (χ2n) is 11.4. The van der Waals surface area contributed by atoms with Gasteiger partial charge in [0.2, 0.25) is 0 Å². The Labute approximate surface area is 218 Å². The quantitative estimate of drug-likeness (QED) is 0.508. The molecule has 7 atom stereocenters. The van der Waals surface area contributed by atoms with Gasteiger partial charge in [0.1, 0.15) is 5.60 Å². The number of thioether (sulfide) groups is 1. The zero-order valence-electron chi connectivity index (χ0n) is 20.3. The fourth-order valence-corrected chi connectivity index (χ4v) is 8.96. The van der Waals surface area contributed by atoms with Crippen molar-refractivity contribution in [2.75, 3.05) is 5.75 Å². The molecule has 6 unspecified atom stereocenters. The fraction of sp³-hybridized carbons (Fsp3) is 0.556. The van der Waals surface area contributed by atoms with Crippen LogP contribution in [0.4, 0.5) is 0 Å². The molecule has 0 saturated heterocycles. The van der Waals surface area contributed by atoms with Gasteiger partial charge in [0.25, 0.3) is 0 Å². The smallest absolute Gasteiger partial charge is 0.178 e. The van der Waals surface area contributed by atoms with Gasteiger partial charge >= 0.3 is 0 Å². The van der Waals surface area contributed by atoms with E-state index in [0.29, 0.717) is 34.2 Å². The number of H-pyrrole nitrogens is 1. The zero-order chi connectivity index (χ0) is 25.5. The highest BCUT2D eigenvalue weighted by Gasteiger charge is 2.67. The van der Waals surface area contributed by atoms with Crippen molar-refractivity contribution in [2.24, 2.45) is 28.6 Å². The number of Topliss-reactive ketones (excluding diaryl/α,β-unsaturated/α-hetero) is 1. The number of nitrogens with one attached hydrogen (secondary N) is 1. The fourth-order valence-electron chi connectivity index (χ4n) is 7.96. The van der Waals surface area contributed by atoms with E-state index in [1.807, 2.05) is 13.0 Å². The highest BCUT2D eigenvalue weighted by Crippen LogP contribution is 2.67. The Kier molecular flexibility index (Phi) is 5.58. The highest BCUT2D eigenvalue weighted by molar-refractivity contribution is 7.99. The number of nitrogens with zero attached hydrogens (tertiary/aromatic N) is 2. The molecule has 2 aromatic rings. The maximum Gasteiger partial charge on any atom is 0.178 e. The highest BCUT2D eigenvalue weighted by atomic mass is 35.5. The molecule has 2 aromatic heterocycles. The standard InChI is InChI=1S/C27H30ClN3O4S/c1-25-7-5-16(32)9-14(25)3-4-17-18-6-8-27(35,26(18,2)11-20(33)22(17)25)21(34)13-36-24-30-19-10-15(28)12-29-23(19)31-24/h5,7,9-10,12,17-18,20,22,33,35H,3-4,6,8,11,13H2,1-2H3,(H,29,30,31)/t17?,18?,20?,22?,25?,26?,27-/m0/s1. The molecule has 3 fully saturated rings. The van der Waals surface area contributed by atoms with Crippen LogP contribution in [-0.2, 0) is 9.59 Å². The number of ketones is 2. The lowest BCUT2D eigenvalue weighted by Crippen LogP contribution is -2.61. The molecular weight excluding hydrogens is 498 g/mol. The number of imidazole rings is 1. The second kappa shape index (κ2) is 8.25. The van der Waals surface area contributed by atoms with Gasteiger partial charge in [0.15, 0.2) is 22.4 Å². The zero-order valence-corrected chi connectivity index (χ0v) is 21.9. The summed E-state index contributed by atoms with van der Waals surface area (Å²) >= 11 is 7.26. The molecule has 0 spiro atoms. The van der Waals surface area contributed by atoms with Crippen LogP contribution in [0.3, 0.4) is 0 Å². The third-order valence-corrected chi connectivity index (χ3v) is 10.8. The predicted octanol–water partition coefficient (Wildman–Crippen LogP) is 4.28. The summed E-state index contributed by atoms with van der Waals surface area (Å²) in [6, 6.07) is 1.74. The molecule has 0 aliphatic heterocycles. The number of hydrogen-bond acceptors (Lipinski definition) is 7. The van der Waals surface area contributed by atoms with Crippen LogP contribution in [0.15, 0.2) is 41.2 Å². The topological polar surface area (TPSA) is 116 Å². The van der Waals surface area contributed by atoms with E-state index in [0.717, 1.165) is 24.8 Å². The summed E-state index contributed by atoms with van der Waals surface area (Å²) in [4.78, 5) is 37.3. The molecule has 6 rings (SSSR count). The van der Waals surface area contributed by atoms with E-state index < -0.39 is 17.1 Å². The Balaban J connectivity index is 1.24. The number of aliphatic hydroxyl groups excluding tert-OH is 1. The number of halogens is 1. The Morgan fingerprint density at radius 1 is 1.33 bits per heavy atom. The summed E-state index contributed by atoms with van der Waals surface area (Å²) < 4.78 is 0. The van der Waals surface area contributed by atoms with E-state index in [9.17, 15) is 19.8 Å². The SMILES string of the molecule is CC12C=CC(=O)C=C1CCC1C2C(O)CC2(C)C1CC[C@]2(O)C(=O)CSc1nc2ncc(Cl)cc2[nH]1. The van der Waals surface area contributed by atoms with E-state index in [1.165, 1.54) is 18.0 Å². The molecule has 2 heterocycles. The van der Waals surface area contributed by atoms with Crippen LogP contribution < -0.4 is 0 Å². The van der Waals surface area contributed by atoms with Gasteiger partial charge in [-0.2, -0.15) is 0 Å². The van der Waals surface area contributed by atoms with Gasteiger partial charge in [-0.15, -0.1) is 0 Å². The lowest BCUT2D eigenvalue weighted by molar-refractivity contribution is -0.174. The van der Waals surface area contributed by atoms with Gasteiger partial charge < -0.3 is 15.2 Å². The third kappa shape index (κ3) is 3.41. The minimum atomic E-state index is -1.50. The molecule has 7 nitrogen and oxygen atoms in total. The molecule has 4 aliphatic rings. The number of rotatable bonds is 4. The Hall–Kier alpha value is -2.00. The van der Waals surface area contributed by atoms with E-state index in [-0.39, 0.29) is 40.5 Å². The number of carbonyl (C=O) groups excluding carboxylic acids is 2. The number of hydrogen-bond donors (Lipinski definition) is 3. The number of aromatic nitrogens is 3. The average Bonchev–Trinajstić information content (AvgIpc) is 3.35. The van der Waals surface area contributed by atoms with E-state index in [4.69, 9.17) is 11.6 Å². The first kappa shape index (κ1) is 24.3. The largest absolute Gasteiger partial charge is 0.393 e. The van der Waals surface area contributed by atoms with Crippen LogP contribution in [0.5, 0.6) is 0 Å². The average molecular weight is 528 g/mol. The summed E-state index contributed by atoms with van der Waals surface area (Å²) in [6.45, 7) is 4.12. The summed E-state index contributed by atoms with van der Waals surface area (Å²) in [6.07, 6.45) is 9.38. The van der Waals surface area contributed by atoms with Crippen LogP contribution in [0.25, 0.3) is 11.2 Å². The van der Waals surface area contributed by atoms with Crippen LogP contribution in [-0.4, -0.2) is 54.2 Å². The van der Waals surface area contributed by atoms with Crippen LogP contribution in [0, 0.1) is 28.6 Å². The first-order chi connectivity index (χ1) is 17.0. The molecule has 190 valence electrons. The first-order valence-electron chi connectivity index (χ1n) is 12.6. The van der Waals surface area contributed by atoms with E-state index in [2.05, 4.69) is 21.9 Å². The monoisotopic (exact) mass is 527 g/mol. The number of pyridine rings is 1. The summed E-state index contributed by atoms with van der Waals surface area (Å²) in [5.41, 5.74) is -0.250. The molecule has 9 heteroatoms. The number of aliphatic hydroxyl groups is 2. The minimum Gasteiger partial charge on any atom is -0.393 e. The lowest BCUT2D eigenvalue weighted by Gasteiger charge is -2.59. The Bertz CT molecular complexity index is 1340. The molecule has 36 heavy (non-hydrogen) atoms. The van der Waals surface area contributed by atoms with Crippen molar-refractivity contribution in [3.63, 3.8) is 0 Å². The maximum atomic E-state index is 13.6. The number of carbonyl (C=O) groups is 2. The molecular formula is C27H30ClN3O4S. The molecule has 0 bridgehead atoms. The van der Waals surface area contributed by atoms with Crippen molar-refractivity contribution >= 4 is 46.1 Å². The van der Waals surface area contributed by atoms with Gasteiger partial charge in [0.05, 0.1) is 22.4 Å². The van der Waals surface area contributed by atoms with Crippen LogP contribution in [0.2, 0.25) is 5.02 Å².